The highest BCUT2D eigenvalue weighted by molar-refractivity contribution is 5.93. The number of carbonyl (C=O) groups is 3. The number of hydrogen-bond donors (Lipinski definition) is 1. The molecule has 15 heteroatoms. The number of anilines is 1. The van der Waals surface area contributed by atoms with E-state index in [-0.39, 0.29) is 53.6 Å². The van der Waals surface area contributed by atoms with Gasteiger partial charge in [0.05, 0.1) is 30.3 Å². The minimum atomic E-state index is -0.160. The Labute approximate surface area is 344 Å². The summed E-state index contributed by atoms with van der Waals surface area (Å²) in [5.41, 5.74) is 7.77. The number of nitrogens with zero attached hydrogens (tertiary/aromatic N) is 11. The van der Waals surface area contributed by atoms with Crippen molar-refractivity contribution >= 4 is 34.8 Å². The zero-order chi connectivity index (χ0) is 40.9. The molecule has 1 N–H and O–H groups in total. The van der Waals surface area contributed by atoms with Crippen LogP contribution >= 0.6 is 0 Å². The van der Waals surface area contributed by atoms with Gasteiger partial charge >= 0.3 is 0 Å². The van der Waals surface area contributed by atoms with Crippen molar-refractivity contribution in [3.63, 3.8) is 0 Å². The van der Waals surface area contributed by atoms with Crippen LogP contribution in [-0.2, 0) is 22.6 Å². The van der Waals surface area contributed by atoms with Crippen molar-refractivity contribution in [2.24, 2.45) is 17.8 Å². The number of rotatable bonds is 14. The molecule has 2 aliphatic rings. The van der Waals surface area contributed by atoms with Crippen molar-refractivity contribution in [1.29, 1.82) is 0 Å². The van der Waals surface area contributed by atoms with Gasteiger partial charge in [0.1, 0.15) is 11.5 Å². The van der Waals surface area contributed by atoms with E-state index < -0.39 is 0 Å². The van der Waals surface area contributed by atoms with E-state index in [1.54, 1.807) is 26.1 Å². The highest BCUT2D eigenvalue weighted by atomic mass is 16.2. The Morgan fingerprint density at radius 3 is 2.40 bits per heavy atom. The summed E-state index contributed by atoms with van der Waals surface area (Å²) in [7, 11) is 0. The number of aromatic nitrogens is 11. The summed E-state index contributed by atoms with van der Waals surface area (Å²) in [4.78, 5) is 48.6. The molecule has 0 spiro atoms. The monoisotopic (exact) mass is 798 g/mol. The lowest BCUT2D eigenvalue weighted by molar-refractivity contribution is -0.124. The molecule has 2 fully saturated rings. The maximum atomic E-state index is 13.5. The maximum Gasteiger partial charge on any atom is 0.249 e. The number of amides is 1. The first-order chi connectivity index (χ1) is 29.3. The van der Waals surface area contributed by atoms with E-state index in [9.17, 15) is 14.4 Å². The zero-order valence-electron chi connectivity index (χ0n) is 33.2. The van der Waals surface area contributed by atoms with E-state index in [1.807, 2.05) is 105 Å². The molecule has 6 heterocycles. The summed E-state index contributed by atoms with van der Waals surface area (Å²) in [6, 6.07) is 27.7. The molecule has 0 bridgehead atoms. The molecule has 8 aromatic rings. The molecule has 0 aliphatic heterocycles. The normalized spacial score (nSPS) is 15.0. The molecule has 2 saturated carbocycles. The van der Waals surface area contributed by atoms with E-state index >= 15 is 0 Å². The fourth-order valence-corrected chi connectivity index (χ4v) is 7.65. The van der Waals surface area contributed by atoms with Gasteiger partial charge in [-0.3, -0.25) is 19.7 Å². The molecule has 0 radical (unpaired) electrons. The predicted octanol–water partition coefficient (Wildman–Crippen LogP) is 6.95. The fourth-order valence-electron chi connectivity index (χ4n) is 7.65. The third-order valence-corrected chi connectivity index (χ3v) is 11.6. The second-order valence-corrected chi connectivity index (χ2v) is 16.0. The van der Waals surface area contributed by atoms with E-state index in [2.05, 4.69) is 20.7 Å². The van der Waals surface area contributed by atoms with Gasteiger partial charge in [-0.25, -0.2) is 23.4 Å². The van der Waals surface area contributed by atoms with Gasteiger partial charge < -0.3 is 0 Å². The van der Waals surface area contributed by atoms with Crippen LogP contribution in [0.5, 0.6) is 0 Å². The molecular weight excluding hydrogens is 757 g/mol. The van der Waals surface area contributed by atoms with Crippen molar-refractivity contribution in [3.05, 3.63) is 120 Å². The lowest BCUT2D eigenvalue weighted by atomic mass is 9.89. The topological polar surface area (TPSA) is 172 Å². The van der Waals surface area contributed by atoms with Crippen molar-refractivity contribution in [2.75, 3.05) is 5.32 Å². The van der Waals surface area contributed by atoms with Crippen LogP contribution in [0, 0.1) is 17.8 Å². The Balaban J connectivity index is 0.872. The molecule has 15 nitrogen and oxygen atoms in total. The van der Waals surface area contributed by atoms with Gasteiger partial charge in [-0.1, -0.05) is 79.7 Å². The summed E-state index contributed by atoms with van der Waals surface area (Å²) in [6.07, 6.45) is 9.64. The maximum absolute atomic E-state index is 13.5. The van der Waals surface area contributed by atoms with Gasteiger partial charge in [0, 0.05) is 47.4 Å². The number of benzene rings is 2. The highest BCUT2D eigenvalue weighted by Gasteiger charge is 2.36. The Morgan fingerprint density at radius 2 is 1.58 bits per heavy atom. The molecule has 2 aliphatic carbocycles. The molecule has 10 rings (SSSR count). The Kier molecular flexibility index (Phi) is 9.42. The number of ketones is 1. The second-order valence-electron chi connectivity index (χ2n) is 16.0. The first-order valence-corrected chi connectivity index (χ1v) is 20.5. The number of hydrogen-bond acceptors (Lipinski definition) is 10. The summed E-state index contributed by atoms with van der Waals surface area (Å²) >= 11 is 0. The van der Waals surface area contributed by atoms with Crippen LogP contribution in [0.1, 0.15) is 73.6 Å². The molecular formula is C45H42N12O3. The van der Waals surface area contributed by atoms with Gasteiger partial charge in [-0.2, -0.15) is 15.2 Å². The van der Waals surface area contributed by atoms with Gasteiger partial charge in [-0.15, -0.1) is 10.2 Å². The van der Waals surface area contributed by atoms with Crippen molar-refractivity contribution in [3.8, 4) is 33.8 Å². The molecule has 2 unspecified atom stereocenters. The van der Waals surface area contributed by atoms with Crippen LogP contribution in [-0.4, -0.2) is 71.6 Å². The molecule has 300 valence electrons. The minimum Gasteiger partial charge on any atom is -0.299 e. The van der Waals surface area contributed by atoms with Gasteiger partial charge in [-0.05, 0) is 73.1 Å². The number of Topliss-reactive ketones (excluding diaryl/α,β-unsaturated/α-hetero) is 1. The molecule has 1 amide bonds. The van der Waals surface area contributed by atoms with Gasteiger partial charge in [0.15, 0.2) is 17.1 Å². The van der Waals surface area contributed by atoms with Crippen LogP contribution in [0.4, 0.5) is 5.95 Å². The number of nitrogens with one attached hydrogen (secondary N) is 1. The largest absolute Gasteiger partial charge is 0.299 e. The van der Waals surface area contributed by atoms with Crippen LogP contribution in [0.25, 0.3) is 45.1 Å². The highest BCUT2D eigenvalue weighted by Crippen LogP contribution is 2.37. The summed E-state index contributed by atoms with van der Waals surface area (Å²) < 4.78 is 6.62. The number of aryl methyl sites for hydroxylation is 1. The average molecular weight is 799 g/mol. The van der Waals surface area contributed by atoms with E-state index in [4.69, 9.17) is 20.2 Å². The van der Waals surface area contributed by atoms with Crippen molar-refractivity contribution in [2.45, 2.75) is 64.8 Å². The van der Waals surface area contributed by atoms with Crippen molar-refractivity contribution < 1.29 is 14.4 Å². The SMILES string of the molecule is CC(C(=O)C1CC1)C(C)c1nc2cccc(-c3cnn(C(=O)CCc4cccc(-c5ccc(-c6cn(Cc7ccccc7)nn6)n6nc(NC(=O)C7CC7)nc56)c4)c3)n2n1. The third kappa shape index (κ3) is 7.38. The van der Waals surface area contributed by atoms with Gasteiger partial charge in [0.25, 0.3) is 0 Å². The van der Waals surface area contributed by atoms with E-state index in [0.29, 0.717) is 41.5 Å². The lowest BCUT2D eigenvalue weighted by Crippen LogP contribution is -2.20. The number of pyridine rings is 2. The predicted molar refractivity (Wildman–Crippen MR) is 223 cm³/mol. The number of fused-ring (bicyclic) bond motifs is 2. The zero-order valence-corrected chi connectivity index (χ0v) is 33.2. The van der Waals surface area contributed by atoms with Crippen LogP contribution in [0.2, 0.25) is 0 Å². The summed E-state index contributed by atoms with van der Waals surface area (Å²) in [6.45, 7) is 4.54. The average Bonchev–Trinajstić information content (AvgIpc) is 4.09. The van der Waals surface area contributed by atoms with E-state index in [1.165, 1.54) is 4.68 Å². The molecule has 2 aromatic carbocycles. The molecule has 0 saturated heterocycles. The van der Waals surface area contributed by atoms with Crippen molar-refractivity contribution in [1.82, 2.24) is 54.0 Å². The van der Waals surface area contributed by atoms with E-state index in [0.717, 1.165) is 59.2 Å². The molecule has 6 aromatic heterocycles. The Morgan fingerprint density at radius 1 is 0.783 bits per heavy atom. The number of carbonyl (C=O) groups excluding carboxylic acids is 3. The Bertz CT molecular complexity index is 2920. The molecule has 60 heavy (non-hydrogen) atoms. The summed E-state index contributed by atoms with van der Waals surface area (Å²) in [5, 5.41) is 25.7. The smallest absolute Gasteiger partial charge is 0.249 e. The quantitative estimate of drug-likeness (QED) is 0.121. The minimum absolute atomic E-state index is 0.00891. The standard InChI is InChI=1S/C45H42N12O3/c1-27(41(59)31-15-16-31)28(2)42-47-39-13-7-12-37(56(39)51-42)34-23-46-55(25-34)40(58)21-14-29-10-6-11-33(22-29)35-19-20-38(36-26-54(53-50-36)24-30-8-4-3-5-9-30)57-43(35)48-45(52-57)49-44(60)32-17-18-32/h3-13,19-20,22-23,25-28,31-32H,14-18,21,24H2,1-2H3,(H,49,52,60). The first-order valence-electron chi connectivity index (χ1n) is 20.5. The van der Waals surface area contributed by atoms with Gasteiger partial charge in [0.2, 0.25) is 17.8 Å². The summed E-state index contributed by atoms with van der Waals surface area (Å²) in [5.74, 6) is 0.794. The Hall–Kier alpha value is -7.16. The third-order valence-electron chi connectivity index (χ3n) is 11.6. The van der Waals surface area contributed by atoms with Crippen LogP contribution in [0.3, 0.4) is 0 Å². The van der Waals surface area contributed by atoms with Crippen LogP contribution in [0.15, 0.2) is 104 Å². The fraction of sp³-hybridized carbons (Fsp3) is 0.289. The van der Waals surface area contributed by atoms with Crippen LogP contribution < -0.4 is 5.32 Å². The lowest BCUT2D eigenvalue weighted by Gasteiger charge is -2.15. The second kappa shape index (κ2) is 15.2. The molecule has 2 atom stereocenters. The first kappa shape index (κ1) is 37.1.